The van der Waals surface area contributed by atoms with Crippen LogP contribution in [0.2, 0.25) is 0 Å². The van der Waals surface area contributed by atoms with E-state index < -0.39 is 0 Å². The molecular formula is C51H42N4. The second-order valence-electron chi connectivity index (χ2n) is 13.4. The van der Waals surface area contributed by atoms with E-state index in [0.717, 1.165) is 67.4 Å². The Labute approximate surface area is 323 Å². The highest BCUT2D eigenvalue weighted by Crippen LogP contribution is 2.38. The summed E-state index contributed by atoms with van der Waals surface area (Å²) < 4.78 is 2.32. The van der Waals surface area contributed by atoms with Crippen molar-refractivity contribution >= 4 is 39.0 Å². The summed E-state index contributed by atoms with van der Waals surface area (Å²) in [4.78, 5) is 12.8. The first-order chi connectivity index (χ1) is 27.1. The number of anilines is 3. The van der Waals surface area contributed by atoms with Gasteiger partial charge in [0.15, 0.2) is 0 Å². The van der Waals surface area contributed by atoms with E-state index in [0.29, 0.717) is 0 Å². The molecule has 266 valence electrons. The molecule has 0 saturated carbocycles. The summed E-state index contributed by atoms with van der Waals surface area (Å²) in [5.74, 6) is 0. The predicted molar refractivity (Wildman–Crippen MR) is 233 cm³/mol. The van der Waals surface area contributed by atoms with Crippen LogP contribution in [0.25, 0.3) is 61.3 Å². The maximum Gasteiger partial charge on any atom is 0.0973 e. The molecule has 0 aliphatic heterocycles. The first-order valence-electron chi connectivity index (χ1n) is 18.7. The lowest BCUT2D eigenvalue weighted by Gasteiger charge is -2.26. The van der Waals surface area contributed by atoms with Gasteiger partial charge in [-0.2, -0.15) is 0 Å². The molecule has 4 heteroatoms. The first kappa shape index (κ1) is 35.0. The number of benzene rings is 7. The molecule has 4 nitrogen and oxygen atoms in total. The van der Waals surface area contributed by atoms with Crippen LogP contribution >= 0.6 is 0 Å². The molecule has 7 aromatic carbocycles. The molecule has 2 heterocycles. The summed E-state index contributed by atoms with van der Waals surface area (Å²) >= 11 is 0. The lowest BCUT2D eigenvalue weighted by atomic mass is 10.0. The van der Waals surface area contributed by atoms with Crippen molar-refractivity contribution in [2.45, 2.75) is 20.8 Å². The van der Waals surface area contributed by atoms with E-state index in [9.17, 15) is 0 Å². The zero-order valence-electron chi connectivity index (χ0n) is 31.3. The molecule has 55 heavy (non-hydrogen) atoms. The van der Waals surface area contributed by atoms with Gasteiger partial charge < -0.3 is 9.47 Å². The van der Waals surface area contributed by atoms with Crippen LogP contribution in [-0.2, 0) is 0 Å². The third-order valence-corrected chi connectivity index (χ3v) is 9.83. The predicted octanol–water partition coefficient (Wildman–Crippen LogP) is 13.9. The first-order valence-corrected chi connectivity index (χ1v) is 18.7. The molecule has 9 rings (SSSR count). The van der Waals surface area contributed by atoms with Crippen molar-refractivity contribution < 1.29 is 0 Å². The molecule has 0 N–H and O–H groups in total. The van der Waals surface area contributed by atoms with Crippen LogP contribution in [0.5, 0.6) is 0 Å². The summed E-state index contributed by atoms with van der Waals surface area (Å²) in [5, 5.41) is 1.24. The highest BCUT2D eigenvalue weighted by atomic mass is 15.1. The summed E-state index contributed by atoms with van der Waals surface area (Å²) in [6, 6.07) is 65.9. The van der Waals surface area contributed by atoms with E-state index in [1.807, 2.05) is 38.1 Å². The normalized spacial score (nSPS) is 11.1. The van der Waals surface area contributed by atoms with Crippen molar-refractivity contribution in [3.8, 4) is 39.3 Å². The van der Waals surface area contributed by atoms with E-state index in [2.05, 4.69) is 192 Å². The Balaban J connectivity index is 0.00000102. The van der Waals surface area contributed by atoms with E-state index in [1.165, 1.54) is 16.6 Å². The molecule has 0 saturated heterocycles. The van der Waals surface area contributed by atoms with Gasteiger partial charge in [0.1, 0.15) is 0 Å². The zero-order valence-corrected chi connectivity index (χ0v) is 31.3. The monoisotopic (exact) mass is 710 g/mol. The van der Waals surface area contributed by atoms with Crippen LogP contribution in [0.1, 0.15) is 19.5 Å². The number of aromatic nitrogens is 3. The van der Waals surface area contributed by atoms with Crippen LogP contribution in [0.15, 0.2) is 200 Å². The van der Waals surface area contributed by atoms with Gasteiger partial charge in [0.05, 0.1) is 27.9 Å². The molecule has 0 spiro atoms. The molecule has 0 aliphatic rings. The van der Waals surface area contributed by atoms with E-state index in [1.54, 1.807) is 0 Å². The Morgan fingerprint density at radius 1 is 0.436 bits per heavy atom. The fraction of sp³-hybridized carbons (Fsp3) is 0.0588. The minimum atomic E-state index is 0.859. The number of allylic oxidation sites excluding steroid dienone is 2. The number of aryl methyl sites for hydroxylation is 1. The Kier molecular flexibility index (Phi) is 10.1. The van der Waals surface area contributed by atoms with E-state index >= 15 is 0 Å². The molecule has 0 bridgehead atoms. The zero-order chi connectivity index (χ0) is 37.6. The Morgan fingerprint density at radius 3 is 1.56 bits per heavy atom. The quantitative estimate of drug-likeness (QED) is 0.154. The van der Waals surface area contributed by atoms with Gasteiger partial charge in [0, 0.05) is 45.0 Å². The molecule has 2 aromatic heterocycles. The fourth-order valence-corrected chi connectivity index (χ4v) is 7.04. The summed E-state index contributed by atoms with van der Waals surface area (Å²) in [7, 11) is 0. The lowest BCUT2D eigenvalue weighted by molar-refractivity contribution is 1.05. The average Bonchev–Trinajstić information content (AvgIpc) is 3.60. The molecule has 0 amide bonds. The third kappa shape index (κ3) is 7.31. The van der Waals surface area contributed by atoms with Gasteiger partial charge in [0.2, 0.25) is 0 Å². The number of hydrogen-bond acceptors (Lipinski definition) is 3. The van der Waals surface area contributed by atoms with Crippen LogP contribution in [0.3, 0.4) is 0 Å². The Hall–Kier alpha value is -7.04. The summed E-state index contributed by atoms with van der Waals surface area (Å²) in [6.07, 6.45) is 4.00. The lowest BCUT2D eigenvalue weighted by Crippen LogP contribution is -2.10. The van der Waals surface area contributed by atoms with Crippen LogP contribution in [0.4, 0.5) is 17.1 Å². The molecular weight excluding hydrogens is 669 g/mol. The van der Waals surface area contributed by atoms with Crippen LogP contribution in [0, 0.1) is 6.92 Å². The van der Waals surface area contributed by atoms with Crippen molar-refractivity contribution in [2.75, 3.05) is 4.90 Å². The third-order valence-electron chi connectivity index (χ3n) is 9.83. The number of hydrogen-bond donors (Lipinski definition) is 0. The molecule has 0 fully saturated rings. The fourth-order valence-electron chi connectivity index (χ4n) is 7.04. The van der Waals surface area contributed by atoms with Gasteiger partial charge in [-0.1, -0.05) is 127 Å². The number of rotatable bonds is 7. The topological polar surface area (TPSA) is 34.0 Å². The van der Waals surface area contributed by atoms with Crippen molar-refractivity contribution in [1.29, 1.82) is 0 Å². The number of fused-ring (bicyclic) bond motifs is 2. The summed E-state index contributed by atoms with van der Waals surface area (Å²) in [6.45, 7) is 6.16. The second kappa shape index (κ2) is 15.9. The minimum absolute atomic E-state index is 0.859. The SMILES string of the molecule is C/C=C\C.Cc1cc2ccccc2n1-c1ccc(N(c2ccccc2)c2ccc(-c3nc4ccc(-c5ccccc5)cc4nc3-c3ccccc3)cc2)cc1. The number of nitrogens with zero attached hydrogens (tertiary/aromatic N) is 4. The van der Waals surface area contributed by atoms with E-state index in [-0.39, 0.29) is 0 Å². The largest absolute Gasteiger partial charge is 0.314 e. The number of para-hydroxylation sites is 2. The highest BCUT2D eigenvalue weighted by Gasteiger charge is 2.17. The van der Waals surface area contributed by atoms with Gasteiger partial charge >= 0.3 is 0 Å². The maximum absolute atomic E-state index is 5.24. The molecule has 0 unspecified atom stereocenters. The van der Waals surface area contributed by atoms with Gasteiger partial charge in [0.25, 0.3) is 0 Å². The van der Waals surface area contributed by atoms with Gasteiger partial charge in [-0.15, -0.1) is 0 Å². The van der Waals surface area contributed by atoms with E-state index in [4.69, 9.17) is 9.97 Å². The Morgan fingerprint density at radius 2 is 0.927 bits per heavy atom. The maximum atomic E-state index is 5.24. The summed E-state index contributed by atoms with van der Waals surface area (Å²) in [5.41, 5.74) is 14.6. The smallest absolute Gasteiger partial charge is 0.0973 e. The van der Waals surface area contributed by atoms with Crippen molar-refractivity contribution in [1.82, 2.24) is 14.5 Å². The average molecular weight is 711 g/mol. The molecule has 9 aromatic rings. The molecule has 0 radical (unpaired) electrons. The second-order valence-corrected chi connectivity index (χ2v) is 13.4. The van der Waals surface area contributed by atoms with Crippen LogP contribution < -0.4 is 4.90 Å². The van der Waals surface area contributed by atoms with Gasteiger partial charge in [-0.3, -0.25) is 0 Å². The molecule has 0 atom stereocenters. The van der Waals surface area contributed by atoms with Crippen LogP contribution in [-0.4, -0.2) is 14.5 Å². The standard InChI is InChI=1S/C47H34N4.C4H8/c1-33-31-38-17-11-12-20-45(38)50(33)40-26-28-42(29-27-40)51(39-18-9-4-10-19-39)41-24-21-36(22-25-41)47-46(35-15-7-3-8-16-35)49-44-32-37(23-30-43(44)48-47)34-13-5-2-6-14-34;1-3-4-2/h2-32H,1H3;3-4H,1-2H3/b;4-3-. The molecule has 0 aliphatic carbocycles. The Bertz CT molecular complexity index is 2690. The van der Waals surface area contributed by atoms with Crippen molar-refractivity contribution in [3.63, 3.8) is 0 Å². The van der Waals surface area contributed by atoms with Crippen molar-refractivity contribution in [2.24, 2.45) is 0 Å². The highest BCUT2D eigenvalue weighted by molar-refractivity contribution is 5.89. The van der Waals surface area contributed by atoms with Gasteiger partial charge in [-0.25, -0.2) is 9.97 Å². The van der Waals surface area contributed by atoms with Gasteiger partial charge in [-0.05, 0) is 105 Å². The minimum Gasteiger partial charge on any atom is -0.314 e. The van der Waals surface area contributed by atoms with Crippen molar-refractivity contribution in [3.05, 3.63) is 206 Å².